The van der Waals surface area contributed by atoms with Gasteiger partial charge in [0, 0.05) is 25.2 Å². The number of hydrogen-bond acceptors (Lipinski definition) is 4. The predicted molar refractivity (Wildman–Crippen MR) is 75.3 cm³/mol. The van der Waals surface area contributed by atoms with Crippen molar-refractivity contribution in [1.29, 1.82) is 0 Å². The minimum atomic E-state index is 0.296. The molecule has 1 amide bonds. The average Bonchev–Trinajstić information content (AvgIpc) is 3.11. The number of nitrogens with one attached hydrogen (secondary N) is 2. The largest absolute Gasteiger partial charge is 0.363 e. The molecule has 20 heavy (non-hydrogen) atoms. The van der Waals surface area contributed by atoms with Gasteiger partial charge in [-0.1, -0.05) is 0 Å². The number of hydrogen-bond donors (Lipinski definition) is 2. The summed E-state index contributed by atoms with van der Waals surface area (Å²) >= 11 is 0. The fraction of sp³-hybridized carbons (Fsp3) is 0.500. The molecule has 0 atom stereocenters. The maximum absolute atomic E-state index is 11.9. The van der Waals surface area contributed by atoms with Gasteiger partial charge in [-0.25, -0.2) is 9.97 Å². The Hall–Kier alpha value is -2.11. The minimum absolute atomic E-state index is 0.296. The third-order valence-electron chi connectivity index (χ3n) is 3.99. The van der Waals surface area contributed by atoms with Gasteiger partial charge in [0.2, 0.25) is 5.91 Å². The molecule has 1 aliphatic heterocycles. The summed E-state index contributed by atoms with van der Waals surface area (Å²) in [6.45, 7) is 3.45. The maximum Gasteiger partial charge on any atom is 0.225 e. The number of aromatic amines is 1. The van der Waals surface area contributed by atoms with Gasteiger partial charge < -0.3 is 15.2 Å². The van der Waals surface area contributed by atoms with Crippen LogP contribution >= 0.6 is 0 Å². The molecule has 2 aromatic heterocycles. The van der Waals surface area contributed by atoms with Crippen LogP contribution in [0.5, 0.6) is 0 Å². The van der Waals surface area contributed by atoms with Gasteiger partial charge in [0.1, 0.15) is 17.3 Å². The number of carbonyl (C=O) groups excluding carboxylic acids is 1. The molecule has 0 aromatic carbocycles. The Morgan fingerprint density at radius 3 is 2.95 bits per heavy atom. The first-order valence-electron chi connectivity index (χ1n) is 7.08. The van der Waals surface area contributed by atoms with E-state index in [1.54, 1.807) is 0 Å². The Balaban J connectivity index is 1.46. The zero-order valence-electron chi connectivity index (χ0n) is 11.4. The molecular weight excluding hydrogens is 254 g/mol. The van der Waals surface area contributed by atoms with Crippen LogP contribution < -0.4 is 5.32 Å². The fourth-order valence-corrected chi connectivity index (χ4v) is 2.69. The first kappa shape index (κ1) is 11.7. The summed E-state index contributed by atoms with van der Waals surface area (Å²) in [5, 5.41) is 4.43. The highest BCUT2D eigenvalue weighted by molar-refractivity contribution is 5.87. The molecule has 0 spiro atoms. The highest BCUT2D eigenvalue weighted by atomic mass is 16.2. The van der Waals surface area contributed by atoms with Crippen molar-refractivity contribution in [2.45, 2.75) is 25.8 Å². The second kappa shape index (κ2) is 4.19. The smallest absolute Gasteiger partial charge is 0.225 e. The molecule has 3 heterocycles. The van der Waals surface area contributed by atoms with Crippen LogP contribution in [0.15, 0.2) is 12.3 Å². The number of fused-ring (bicyclic) bond motifs is 1. The highest BCUT2D eigenvalue weighted by Gasteiger charge is 2.39. The van der Waals surface area contributed by atoms with Crippen molar-refractivity contribution >= 4 is 22.8 Å². The van der Waals surface area contributed by atoms with Crippen LogP contribution in [-0.2, 0) is 4.79 Å². The van der Waals surface area contributed by atoms with E-state index in [2.05, 4.69) is 20.3 Å². The van der Waals surface area contributed by atoms with Crippen LogP contribution in [0.3, 0.4) is 0 Å². The van der Waals surface area contributed by atoms with Gasteiger partial charge >= 0.3 is 0 Å². The van der Waals surface area contributed by atoms with Crippen molar-refractivity contribution in [3.05, 3.63) is 18.1 Å². The quantitative estimate of drug-likeness (QED) is 0.882. The van der Waals surface area contributed by atoms with Gasteiger partial charge in [0.05, 0.1) is 11.4 Å². The number of rotatable bonds is 3. The summed E-state index contributed by atoms with van der Waals surface area (Å²) in [5.41, 5.74) is 0.852. The molecule has 0 unspecified atom stereocenters. The lowest BCUT2D eigenvalue weighted by Crippen LogP contribution is -2.57. The molecule has 2 aliphatic rings. The normalized spacial score (nSPS) is 19.1. The Morgan fingerprint density at radius 1 is 1.40 bits per heavy atom. The highest BCUT2D eigenvalue weighted by Crippen LogP contribution is 2.33. The standard InChI is InChI=1S/C14H17N5O/c1-8-16-12-11(4-5-15-12)13(17-8)18-10-6-19(7-10)14(20)9-2-3-9/h4-5,9-10H,2-3,6-7H2,1H3,(H2,15,16,17,18). The predicted octanol–water partition coefficient (Wildman–Crippen LogP) is 1.30. The van der Waals surface area contributed by atoms with Gasteiger partial charge in [-0.3, -0.25) is 4.79 Å². The van der Waals surface area contributed by atoms with Crippen molar-refractivity contribution in [2.75, 3.05) is 18.4 Å². The number of aromatic nitrogens is 3. The Kier molecular flexibility index (Phi) is 2.45. The van der Waals surface area contributed by atoms with E-state index in [4.69, 9.17) is 0 Å². The van der Waals surface area contributed by atoms with Crippen LogP contribution in [0.2, 0.25) is 0 Å². The summed E-state index contributed by atoms with van der Waals surface area (Å²) in [4.78, 5) is 25.7. The Bertz CT molecular complexity index is 669. The fourth-order valence-electron chi connectivity index (χ4n) is 2.69. The van der Waals surface area contributed by atoms with Crippen molar-refractivity contribution in [3.8, 4) is 0 Å². The zero-order valence-corrected chi connectivity index (χ0v) is 11.4. The van der Waals surface area contributed by atoms with E-state index in [1.165, 1.54) is 0 Å². The summed E-state index contributed by atoms with van der Waals surface area (Å²) < 4.78 is 0. The Morgan fingerprint density at radius 2 is 2.20 bits per heavy atom. The van der Waals surface area contributed by atoms with E-state index >= 15 is 0 Å². The van der Waals surface area contributed by atoms with E-state index in [0.29, 0.717) is 17.9 Å². The molecule has 2 aromatic rings. The number of carbonyl (C=O) groups is 1. The Labute approximate surface area is 116 Å². The van der Waals surface area contributed by atoms with Gasteiger partial charge in [-0.2, -0.15) is 0 Å². The number of likely N-dealkylation sites (tertiary alicyclic amines) is 1. The van der Waals surface area contributed by atoms with E-state index in [1.807, 2.05) is 24.1 Å². The minimum Gasteiger partial charge on any atom is -0.363 e. The van der Waals surface area contributed by atoms with Crippen LogP contribution in [0.4, 0.5) is 5.82 Å². The van der Waals surface area contributed by atoms with Crippen LogP contribution in [-0.4, -0.2) is 44.9 Å². The van der Waals surface area contributed by atoms with Crippen molar-refractivity contribution in [3.63, 3.8) is 0 Å². The van der Waals surface area contributed by atoms with E-state index < -0.39 is 0 Å². The number of aryl methyl sites for hydroxylation is 1. The van der Waals surface area contributed by atoms with Crippen molar-refractivity contribution < 1.29 is 4.79 Å². The van der Waals surface area contributed by atoms with Gasteiger partial charge in [-0.15, -0.1) is 0 Å². The second-order valence-corrected chi connectivity index (χ2v) is 5.72. The molecule has 2 fully saturated rings. The molecular formula is C14H17N5O. The second-order valence-electron chi connectivity index (χ2n) is 5.72. The lowest BCUT2D eigenvalue weighted by Gasteiger charge is -2.40. The lowest BCUT2D eigenvalue weighted by atomic mass is 10.1. The van der Waals surface area contributed by atoms with E-state index in [9.17, 15) is 4.79 Å². The monoisotopic (exact) mass is 271 g/mol. The topological polar surface area (TPSA) is 73.9 Å². The molecule has 6 heteroatoms. The summed E-state index contributed by atoms with van der Waals surface area (Å²) in [6, 6.07) is 2.27. The molecule has 6 nitrogen and oxygen atoms in total. The first-order valence-corrected chi connectivity index (χ1v) is 7.08. The SMILES string of the molecule is Cc1nc(NC2CN(C(=O)C3CC3)C2)c2cc[nH]c2n1. The lowest BCUT2D eigenvalue weighted by molar-refractivity contribution is -0.136. The van der Waals surface area contributed by atoms with E-state index in [0.717, 1.165) is 48.6 Å². The van der Waals surface area contributed by atoms with Gasteiger partial charge in [0.15, 0.2) is 0 Å². The molecule has 1 saturated carbocycles. The summed E-state index contributed by atoms with van der Waals surface area (Å²) in [5.74, 6) is 2.24. The maximum atomic E-state index is 11.9. The average molecular weight is 271 g/mol. The zero-order chi connectivity index (χ0) is 13.7. The molecule has 0 bridgehead atoms. The third kappa shape index (κ3) is 1.92. The van der Waals surface area contributed by atoms with Crippen LogP contribution in [0.1, 0.15) is 18.7 Å². The molecule has 0 radical (unpaired) electrons. The molecule has 4 rings (SSSR count). The van der Waals surface area contributed by atoms with E-state index in [-0.39, 0.29) is 0 Å². The van der Waals surface area contributed by atoms with Crippen molar-refractivity contribution in [1.82, 2.24) is 19.9 Å². The first-order chi connectivity index (χ1) is 9.70. The number of amides is 1. The molecule has 1 saturated heterocycles. The molecule has 1 aliphatic carbocycles. The number of H-pyrrole nitrogens is 1. The van der Waals surface area contributed by atoms with Crippen LogP contribution in [0, 0.1) is 12.8 Å². The van der Waals surface area contributed by atoms with Crippen molar-refractivity contribution in [2.24, 2.45) is 5.92 Å². The summed E-state index contributed by atoms with van der Waals surface area (Å²) in [6.07, 6.45) is 4.01. The number of anilines is 1. The third-order valence-corrected chi connectivity index (χ3v) is 3.99. The molecule has 2 N–H and O–H groups in total. The van der Waals surface area contributed by atoms with Gasteiger partial charge in [0.25, 0.3) is 0 Å². The number of nitrogens with zero attached hydrogens (tertiary/aromatic N) is 3. The molecule has 104 valence electrons. The van der Waals surface area contributed by atoms with Crippen LogP contribution in [0.25, 0.3) is 11.0 Å². The summed E-state index contributed by atoms with van der Waals surface area (Å²) in [7, 11) is 0. The van der Waals surface area contributed by atoms with Gasteiger partial charge in [-0.05, 0) is 25.8 Å².